The second-order valence-corrected chi connectivity index (χ2v) is 6.52. The molecule has 0 aromatic heterocycles. The Hall–Kier alpha value is -2.83. The van der Waals surface area contributed by atoms with Gasteiger partial charge in [-0.3, -0.25) is 4.79 Å². The van der Waals surface area contributed by atoms with Crippen molar-refractivity contribution in [1.29, 1.82) is 0 Å². The lowest BCUT2D eigenvalue weighted by Gasteiger charge is -2.16. The first-order valence-electron chi connectivity index (χ1n) is 8.97. The van der Waals surface area contributed by atoms with Crippen LogP contribution in [0.25, 0.3) is 10.8 Å². The molecule has 3 aromatic carbocycles. The SMILES string of the molecule is CB(O)NC(C)C(=O)Nc1cccc2ccc(OCc3ccccc3)cc12. The molecule has 3 N–H and O–H groups in total. The third-order valence-electron chi connectivity index (χ3n) is 4.24. The van der Waals surface area contributed by atoms with Gasteiger partial charge in [0.2, 0.25) is 5.91 Å². The van der Waals surface area contributed by atoms with Gasteiger partial charge in [0, 0.05) is 11.1 Å². The molecular weight excluding hydrogens is 339 g/mol. The number of benzene rings is 3. The normalized spacial score (nSPS) is 11.8. The number of fused-ring (bicyclic) bond motifs is 1. The third kappa shape index (κ3) is 5.09. The van der Waals surface area contributed by atoms with Crippen LogP contribution in [-0.4, -0.2) is 24.0 Å². The van der Waals surface area contributed by atoms with Gasteiger partial charge in [0.1, 0.15) is 12.4 Å². The number of carbonyl (C=O) groups is 1. The molecule has 0 heterocycles. The summed E-state index contributed by atoms with van der Waals surface area (Å²) < 4.78 is 5.90. The lowest BCUT2D eigenvalue weighted by molar-refractivity contribution is -0.117. The summed E-state index contributed by atoms with van der Waals surface area (Å²) in [6.45, 7) is 3.77. The molecule has 6 heteroatoms. The molecule has 0 saturated heterocycles. The molecule has 0 bridgehead atoms. The summed E-state index contributed by atoms with van der Waals surface area (Å²) in [7, 11) is -0.753. The van der Waals surface area contributed by atoms with Crippen molar-refractivity contribution in [3.8, 4) is 5.75 Å². The fourth-order valence-corrected chi connectivity index (χ4v) is 2.87. The zero-order valence-electron chi connectivity index (χ0n) is 15.5. The van der Waals surface area contributed by atoms with Crippen molar-refractivity contribution in [2.24, 2.45) is 0 Å². The molecule has 0 saturated carbocycles. The van der Waals surface area contributed by atoms with Gasteiger partial charge in [-0.1, -0.05) is 48.5 Å². The summed E-state index contributed by atoms with van der Waals surface area (Å²) in [5.74, 6) is 0.530. The number of hydrogen-bond donors (Lipinski definition) is 3. The Labute approximate surface area is 159 Å². The first kappa shape index (κ1) is 19.0. The fourth-order valence-electron chi connectivity index (χ4n) is 2.87. The number of anilines is 1. The quantitative estimate of drug-likeness (QED) is 0.563. The van der Waals surface area contributed by atoms with Crippen LogP contribution in [0.5, 0.6) is 5.75 Å². The molecule has 1 atom stereocenters. The average molecular weight is 362 g/mol. The highest BCUT2D eigenvalue weighted by atomic mass is 16.5. The van der Waals surface area contributed by atoms with Gasteiger partial charge in [-0.25, -0.2) is 0 Å². The second kappa shape index (κ2) is 8.71. The van der Waals surface area contributed by atoms with E-state index in [1.165, 1.54) is 0 Å². The maximum Gasteiger partial charge on any atom is 0.374 e. The monoisotopic (exact) mass is 362 g/mol. The van der Waals surface area contributed by atoms with E-state index in [0.29, 0.717) is 12.3 Å². The number of hydrogen-bond acceptors (Lipinski definition) is 4. The summed E-state index contributed by atoms with van der Waals surface area (Å²) in [5.41, 5.74) is 1.80. The van der Waals surface area contributed by atoms with Gasteiger partial charge in [0.05, 0.1) is 6.04 Å². The van der Waals surface area contributed by atoms with E-state index in [4.69, 9.17) is 4.74 Å². The molecule has 3 rings (SSSR count). The minimum atomic E-state index is -0.753. The molecule has 0 aliphatic heterocycles. The zero-order chi connectivity index (χ0) is 19.2. The molecule has 0 aliphatic rings. The Morgan fingerprint density at radius 2 is 1.89 bits per heavy atom. The van der Waals surface area contributed by atoms with E-state index in [1.54, 1.807) is 13.7 Å². The van der Waals surface area contributed by atoms with E-state index < -0.39 is 13.1 Å². The minimum Gasteiger partial charge on any atom is -0.489 e. The van der Waals surface area contributed by atoms with Crippen LogP contribution in [0.15, 0.2) is 66.7 Å². The van der Waals surface area contributed by atoms with Crippen LogP contribution in [0.2, 0.25) is 6.82 Å². The topological polar surface area (TPSA) is 70.6 Å². The molecular formula is C21H23BN2O3. The highest BCUT2D eigenvalue weighted by Crippen LogP contribution is 2.28. The predicted molar refractivity (Wildman–Crippen MR) is 110 cm³/mol. The van der Waals surface area contributed by atoms with E-state index in [-0.39, 0.29) is 5.91 Å². The molecule has 0 spiro atoms. The van der Waals surface area contributed by atoms with Gasteiger partial charge in [0.15, 0.2) is 0 Å². The summed E-state index contributed by atoms with van der Waals surface area (Å²) in [5, 5.41) is 17.0. The molecule has 3 aromatic rings. The van der Waals surface area contributed by atoms with Crippen LogP contribution < -0.4 is 15.3 Å². The lowest BCUT2D eigenvalue weighted by Crippen LogP contribution is -2.45. The Morgan fingerprint density at radius 3 is 2.63 bits per heavy atom. The van der Waals surface area contributed by atoms with Crippen LogP contribution in [0.3, 0.4) is 0 Å². The molecule has 1 amide bonds. The van der Waals surface area contributed by atoms with Crippen molar-refractivity contribution < 1.29 is 14.6 Å². The highest BCUT2D eigenvalue weighted by Gasteiger charge is 2.17. The van der Waals surface area contributed by atoms with Crippen molar-refractivity contribution in [3.63, 3.8) is 0 Å². The number of rotatable bonds is 7. The van der Waals surface area contributed by atoms with Gasteiger partial charge in [-0.2, -0.15) is 0 Å². The lowest BCUT2D eigenvalue weighted by atomic mass is 9.87. The van der Waals surface area contributed by atoms with Crippen molar-refractivity contribution in [2.45, 2.75) is 26.4 Å². The van der Waals surface area contributed by atoms with Crippen LogP contribution in [0.4, 0.5) is 5.69 Å². The fraction of sp³-hybridized carbons (Fsp3) is 0.190. The number of ether oxygens (including phenoxy) is 1. The Balaban J connectivity index is 1.78. The third-order valence-corrected chi connectivity index (χ3v) is 4.24. The number of amides is 1. The number of carbonyl (C=O) groups excluding carboxylic acids is 1. The highest BCUT2D eigenvalue weighted by molar-refractivity contribution is 6.46. The van der Waals surface area contributed by atoms with Crippen molar-refractivity contribution in [2.75, 3.05) is 5.32 Å². The smallest absolute Gasteiger partial charge is 0.374 e. The van der Waals surface area contributed by atoms with Crippen LogP contribution in [0, 0.1) is 0 Å². The molecule has 138 valence electrons. The van der Waals surface area contributed by atoms with Crippen LogP contribution in [-0.2, 0) is 11.4 Å². The van der Waals surface area contributed by atoms with Gasteiger partial charge in [-0.15, -0.1) is 0 Å². The van der Waals surface area contributed by atoms with Crippen LogP contribution >= 0.6 is 0 Å². The van der Waals surface area contributed by atoms with Gasteiger partial charge >= 0.3 is 7.05 Å². The molecule has 27 heavy (non-hydrogen) atoms. The summed E-state index contributed by atoms with van der Waals surface area (Å²) in [6, 6.07) is 21.0. The average Bonchev–Trinajstić information content (AvgIpc) is 2.67. The Bertz CT molecular complexity index is 916. The minimum absolute atomic E-state index is 0.209. The maximum absolute atomic E-state index is 12.4. The second-order valence-electron chi connectivity index (χ2n) is 6.52. The van der Waals surface area contributed by atoms with Crippen LogP contribution in [0.1, 0.15) is 12.5 Å². The van der Waals surface area contributed by atoms with E-state index >= 15 is 0 Å². The Morgan fingerprint density at radius 1 is 1.11 bits per heavy atom. The summed E-state index contributed by atoms with van der Waals surface area (Å²) in [6.07, 6.45) is 0. The zero-order valence-corrected chi connectivity index (χ0v) is 15.5. The van der Waals surface area contributed by atoms with E-state index in [2.05, 4.69) is 10.5 Å². The molecule has 0 radical (unpaired) electrons. The molecule has 5 nitrogen and oxygen atoms in total. The van der Waals surface area contributed by atoms with Gasteiger partial charge in [0.25, 0.3) is 0 Å². The van der Waals surface area contributed by atoms with E-state index in [0.717, 1.165) is 22.1 Å². The summed E-state index contributed by atoms with van der Waals surface area (Å²) in [4.78, 5) is 12.4. The van der Waals surface area contributed by atoms with Crippen molar-refractivity contribution in [3.05, 3.63) is 72.3 Å². The molecule has 0 fully saturated rings. The first-order valence-corrected chi connectivity index (χ1v) is 8.97. The first-order chi connectivity index (χ1) is 13.0. The van der Waals surface area contributed by atoms with E-state index in [1.807, 2.05) is 66.7 Å². The molecule has 1 unspecified atom stereocenters. The summed E-state index contributed by atoms with van der Waals surface area (Å²) >= 11 is 0. The van der Waals surface area contributed by atoms with Gasteiger partial charge in [-0.05, 0) is 42.9 Å². The van der Waals surface area contributed by atoms with E-state index in [9.17, 15) is 9.82 Å². The van der Waals surface area contributed by atoms with Crippen molar-refractivity contribution in [1.82, 2.24) is 5.23 Å². The largest absolute Gasteiger partial charge is 0.489 e. The Kier molecular flexibility index (Phi) is 6.11. The molecule has 0 aliphatic carbocycles. The maximum atomic E-state index is 12.4. The standard InChI is InChI=1S/C21H23BN2O3/c1-15(24-22(2)26)21(25)23-20-10-6-9-17-11-12-18(13-19(17)20)27-14-16-7-4-3-5-8-16/h3-13,15,24,26H,14H2,1-2H3,(H,23,25). The van der Waals surface area contributed by atoms with Gasteiger partial charge < -0.3 is 20.3 Å². The van der Waals surface area contributed by atoms with Crippen molar-refractivity contribution >= 4 is 29.4 Å². The number of nitrogens with one attached hydrogen (secondary N) is 2. The predicted octanol–water partition coefficient (Wildman–Crippen LogP) is 3.45.